The molecule has 6 rings (SSSR count). The molecule has 31 heavy (non-hydrogen) atoms. The summed E-state index contributed by atoms with van der Waals surface area (Å²) in [6.45, 7) is 0. The van der Waals surface area contributed by atoms with Crippen molar-refractivity contribution in [1.29, 1.82) is 0 Å². The summed E-state index contributed by atoms with van der Waals surface area (Å²) in [6.07, 6.45) is 4.49. The molecule has 1 saturated carbocycles. The Morgan fingerprint density at radius 2 is 1.65 bits per heavy atom. The van der Waals surface area contributed by atoms with E-state index in [1.54, 1.807) is 4.90 Å². The van der Waals surface area contributed by atoms with E-state index in [2.05, 4.69) is 5.32 Å². The first-order valence-electron chi connectivity index (χ1n) is 11.3. The van der Waals surface area contributed by atoms with Crippen molar-refractivity contribution in [2.24, 2.45) is 11.8 Å². The van der Waals surface area contributed by atoms with Crippen molar-refractivity contribution in [1.82, 2.24) is 4.90 Å². The minimum absolute atomic E-state index is 0.0141. The van der Waals surface area contributed by atoms with E-state index in [1.807, 2.05) is 59.9 Å². The van der Waals surface area contributed by atoms with E-state index in [-0.39, 0.29) is 29.8 Å². The number of carbonyl (C=O) groups excluding carboxylic acids is 3. The van der Waals surface area contributed by atoms with Gasteiger partial charge in [-0.2, -0.15) is 0 Å². The smallest absolute Gasteiger partial charge is 0.291 e. The number of nitrogens with two attached hydrogens (primary N) is 1. The molecule has 2 aromatic rings. The Labute approximate surface area is 181 Å². The maximum Gasteiger partial charge on any atom is 0.291 e. The number of likely N-dealkylation sites (tertiary alicyclic amines) is 1. The van der Waals surface area contributed by atoms with Crippen LogP contribution in [-0.2, 0) is 26.3 Å². The molecule has 1 spiro atoms. The van der Waals surface area contributed by atoms with E-state index in [9.17, 15) is 14.4 Å². The number of rotatable bonds is 3. The van der Waals surface area contributed by atoms with Crippen molar-refractivity contribution in [3.8, 4) is 0 Å². The van der Waals surface area contributed by atoms with E-state index in [4.69, 9.17) is 0 Å². The summed E-state index contributed by atoms with van der Waals surface area (Å²) in [7, 11) is 0. The number of hydrogen-bond acceptors (Lipinski definition) is 3. The topological polar surface area (TPSA) is 83.1 Å². The summed E-state index contributed by atoms with van der Waals surface area (Å²) in [5, 5.41) is 5.02. The number of fused-ring (bicyclic) bond motifs is 4. The lowest BCUT2D eigenvalue weighted by Gasteiger charge is -2.28. The van der Waals surface area contributed by atoms with Crippen LogP contribution in [0.1, 0.15) is 36.8 Å². The standard InChI is InChI=1S/C25H25N3O3/c29-22-20-19(14-15-8-2-1-3-9-15)27-25(17-12-6-7-13-18(17)26-24(25)31)21(20)23(30)28(22)16-10-4-5-11-16/h1-3,6-9,12-13,16,19-21,27H,4-5,10-11,14H2,(H,26,31)/p+1/t19-,20-,21+,25+/m1/s1. The van der Waals surface area contributed by atoms with Crippen molar-refractivity contribution in [3.05, 3.63) is 65.7 Å². The third-order valence-electron chi connectivity index (χ3n) is 7.81. The molecule has 2 saturated heterocycles. The number of anilines is 1. The Kier molecular flexibility index (Phi) is 4.09. The quantitative estimate of drug-likeness (QED) is 0.745. The zero-order chi connectivity index (χ0) is 21.2. The number of amides is 3. The second-order valence-corrected chi connectivity index (χ2v) is 9.38. The fourth-order valence-corrected chi connectivity index (χ4v) is 6.54. The largest absolute Gasteiger partial charge is 0.326 e. The molecular weight excluding hydrogens is 390 g/mol. The van der Waals surface area contributed by atoms with E-state index in [0.29, 0.717) is 6.42 Å². The molecule has 3 amide bonds. The fourth-order valence-electron chi connectivity index (χ4n) is 6.54. The maximum atomic E-state index is 13.8. The van der Waals surface area contributed by atoms with Gasteiger partial charge in [-0.3, -0.25) is 19.3 Å². The van der Waals surface area contributed by atoms with E-state index in [0.717, 1.165) is 42.5 Å². The average Bonchev–Trinajstić information content (AvgIpc) is 3.52. The van der Waals surface area contributed by atoms with Gasteiger partial charge in [0.2, 0.25) is 17.4 Å². The second kappa shape index (κ2) is 6.76. The zero-order valence-corrected chi connectivity index (χ0v) is 17.3. The van der Waals surface area contributed by atoms with Crippen LogP contribution in [0.25, 0.3) is 0 Å². The number of nitrogens with one attached hydrogen (secondary N) is 1. The van der Waals surface area contributed by atoms with Crippen LogP contribution in [-0.4, -0.2) is 34.7 Å². The van der Waals surface area contributed by atoms with Crippen LogP contribution in [0.3, 0.4) is 0 Å². The first kappa shape index (κ1) is 18.8. The van der Waals surface area contributed by atoms with Crippen molar-refractivity contribution < 1.29 is 19.7 Å². The molecule has 3 heterocycles. The van der Waals surface area contributed by atoms with Crippen molar-refractivity contribution in [2.45, 2.75) is 49.7 Å². The molecule has 0 aromatic heterocycles. The van der Waals surface area contributed by atoms with Gasteiger partial charge in [0.05, 0.1) is 5.69 Å². The van der Waals surface area contributed by atoms with Crippen LogP contribution in [0.2, 0.25) is 0 Å². The van der Waals surface area contributed by atoms with Crippen molar-refractivity contribution in [3.63, 3.8) is 0 Å². The number of benzene rings is 2. The number of quaternary nitrogens is 1. The van der Waals surface area contributed by atoms with Gasteiger partial charge in [-0.05, 0) is 24.5 Å². The molecular formula is C25H26N3O3+. The summed E-state index contributed by atoms with van der Waals surface area (Å²) >= 11 is 0. The van der Waals surface area contributed by atoms with Crippen LogP contribution < -0.4 is 10.6 Å². The molecule has 158 valence electrons. The third kappa shape index (κ3) is 2.51. The lowest BCUT2D eigenvalue weighted by Crippen LogP contribution is -2.99. The van der Waals surface area contributed by atoms with Gasteiger partial charge in [0, 0.05) is 18.0 Å². The third-order valence-corrected chi connectivity index (χ3v) is 7.81. The Hall–Kier alpha value is -2.99. The summed E-state index contributed by atoms with van der Waals surface area (Å²) < 4.78 is 0. The van der Waals surface area contributed by atoms with Gasteiger partial charge in [0.15, 0.2) is 0 Å². The monoisotopic (exact) mass is 416 g/mol. The summed E-state index contributed by atoms with van der Waals surface area (Å²) in [5.74, 6) is -1.54. The van der Waals surface area contributed by atoms with E-state index in [1.165, 1.54) is 0 Å². The molecule has 3 fully saturated rings. The number of imide groups is 1. The Morgan fingerprint density at radius 3 is 2.42 bits per heavy atom. The number of para-hydroxylation sites is 1. The van der Waals surface area contributed by atoms with Gasteiger partial charge < -0.3 is 10.6 Å². The van der Waals surface area contributed by atoms with Gasteiger partial charge in [0.1, 0.15) is 17.9 Å². The predicted octanol–water partition coefficient (Wildman–Crippen LogP) is 1.57. The molecule has 6 nitrogen and oxygen atoms in total. The van der Waals surface area contributed by atoms with Gasteiger partial charge in [0.25, 0.3) is 5.91 Å². The number of nitrogens with zero attached hydrogens (tertiary/aromatic N) is 1. The molecule has 3 aliphatic heterocycles. The molecule has 6 heteroatoms. The minimum atomic E-state index is -1.07. The van der Waals surface area contributed by atoms with Crippen molar-refractivity contribution >= 4 is 23.4 Å². The highest BCUT2D eigenvalue weighted by molar-refractivity contribution is 6.14. The molecule has 2 aromatic carbocycles. The highest BCUT2D eigenvalue weighted by Gasteiger charge is 2.74. The van der Waals surface area contributed by atoms with Crippen LogP contribution >= 0.6 is 0 Å². The normalized spacial score (nSPS) is 32.1. The Morgan fingerprint density at radius 1 is 0.935 bits per heavy atom. The lowest BCUT2D eigenvalue weighted by atomic mass is 9.76. The fraction of sp³-hybridized carbons (Fsp3) is 0.400. The van der Waals surface area contributed by atoms with Crippen LogP contribution in [0.5, 0.6) is 0 Å². The van der Waals surface area contributed by atoms with Crippen LogP contribution in [0, 0.1) is 11.8 Å². The van der Waals surface area contributed by atoms with E-state index >= 15 is 0 Å². The summed E-state index contributed by atoms with van der Waals surface area (Å²) in [6, 6.07) is 17.5. The minimum Gasteiger partial charge on any atom is -0.326 e. The highest BCUT2D eigenvalue weighted by atomic mass is 16.2. The van der Waals surface area contributed by atoms with Crippen LogP contribution in [0.4, 0.5) is 5.69 Å². The number of hydrogen-bond donors (Lipinski definition) is 2. The van der Waals surface area contributed by atoms with Crippen LogP contribution in [0.15, 0.2) is 54.6 Å². The second-order valence-electron chi connectivity index (χ2n) is 9.38. The Bertz CT molecular complexity index is 1080. The SMILES string of the molecule is O=C1[C@H]2[C@@H](C(=O)N1C1CCCC1)[C@]1([NH2+][C@@H]2Cc2ccccc2)C(=O)Nc2ccccc21. The van der Waals surface area contributed by atoms with Gasteiger partial charge >= 0.3 is 0 Å². The van der Waals surface area contributed by atoms with Gasteiger partial charge in [-0.15, -0.1) is 0 Å². The molecule has 0 unspecified atom stereocenters. The molecule has 3 N–H and O–H groups in total. The van der Waals surface area contributed by atoms with E-state index < -0.39 is 17.4 Å². The molecule has 4 aliphatic rings. The lowest BCUT2D eigenvalue weighted by molar-refractivity contribution is -0.733. The summed E-state index contributed by atoms with van der Waals surface area (Å²) in [5.41, 5.74) is 1.63. The van der Waals surface area contributed by atoms with Crippen molar-refractivity contribution in [2.75, 3.05) is 5.32 Å². The maximum absolute atomic E-state index is 13.8. The Balaban J connectivity index is 1.47. The molecule has 1 aliphatic carbocycles. The number of carbonyl (C=O) groups is 3. The zero-order valence-electron chi connectivity index (χ0n) is 17.3. The van der Waals surface area contributed by atoms with Gasteiger partial charge in [-0.1, -0.05) is 61.4 Å². The predicted molar refractivity (Wildman–Crippen MR) is 114 cm³/mol. The highest BCUT2D eigenvalue weighted by Crippen LogP contribution is 2.50. The first-order valence-corrected chi connectivity index (χ1v) is 11.3. The summed E-state index contributed by atoms with van der Waals surface area (Å²) in [4.78, 5) is 42.5. The molecule has 4 atom stereocenters. The molecule has 0 radical (unpaired) electrons. The van der Waals surface area contributed by atoms with Gasteiger partial charge in [-0.25, -0.2) is 0 Å². The average molecular weight is 417 g/mol. The first-order chi connectivity index (χ1) is 15.1. The molecule has 0 bridgehead atoms.